The van der Waals surface area contributed by atoms with Crippen molar-refractivity contribution in [2.75, 3.05) is 23.3 Å². The maximum atomic E-state index is 13.1. The van der Waals surface area contributed by atoms with Gasteiger partial charge in [0.2, 0.25) is 11.8 Å². The molecule has 178 valence electrons. The standard InChI is InChI=1S/C27H37N3O3/c1-4-5-14-25(29-26(31)18-21-10-8-13-24(17-21)33-20(2)3)27(32)28-22-11-9-12-23(19-22)30-15-6-7-16-30/h8-13,17,19-20,25H,4-7,14-16,18H2,1-3H3,(H,28,32)(H,29,31). The largest absolute Gasteiger partial charge is 0.491 e. The number of carbonyl (C=O) groups excluding carboxylic acids is 2. The molecule has 1 unspecified atom stereocenters. The van der Waals surface area contributed by atoms with E-state index in [0.29, 0.717) is 6.42 Å². The van der Waals surface area contributed by atoms with Crippen LogP contribution in [-0.2, 0) is 16.0 Å². The Bertz CT molecular complexity index is 922. The highest BCUT2D eigenvalue weighted by Gasteiger charge is 2.21. The third-order valence-corrected chi connectivity index (χ3v) is 5.72. The molecule has 3 rings (SSSR count). The molecule has 1 aliphatic heterocycles. The van der Waals surface area contributed by atoms with E-state index < -0.39 is 6.04 Å². The van der Waals surface area contributed by atoms with Gasteiger partial charge in [0.15, 0.2) is 0 Å². The molecule has 1 fully saturated rings. The molecule has 0 radical (unpaired) electrons. The van der Waals surface area contributed by atoms with E-state index in [1.54, 1.807) is 0 Å². The quantitative estimate of drug-likeness (QED) is 0.508. The Labute approximate surface area is 197 Å². The molecule has 2 N–H and O–H groups in total. The van der Waals surface area contributed by atoms with Crippen LogP contribution in [0.3, 0.4) is 0 Å². The summed E-state index contributed by atoms with van der Waals surface area (Å²) in [6, 6.07) is 14.9. The second-order valence-electron chi connectivity index (χ2n) is 8.99. The van der Waals surface area contributed by atoms with Crippen molar-refractivity contribution in [1.29, 1.82) is 0 Å². The van der Waals surface area contributed by atoms with E-state index in [0.717, 1.165) is 48.6 Å². The summed E-state index contributed by atoms with van der Waals surface area (Å²) < 4.78 is 5.72. The van der Waals surface area contributed by atoms with Crippen LogP contribution in [-0.4, -0.2) is 37.0 Å². The van der Waals surface area contributed by atoms with Crippen LogP contribution in [0.2, 0.25) is 0 Å². The predicted octanol–water partition coefficient (Wildman–Crippen LogP) is 4.93. The first kappa shape index (κ1) is 24.6. The van der Waals surface area contributed by atoms with Crippen LogP contribution in [0.15, 0.2) is 48.5 Å². The summed E-state index contributed by atoms with van der Waals surface area (Å²) in [6.07, 6.45) is 5.11. The van der Waals surface area contributed by atoms with Crippen LogP contribution in [0, 0.1) is 0 Å². The number of amides is 2. The summed E-state index contributed by atoms with van der Waals surface area (Å²) in [5, 5.41) is 5.96. The van der Waals surface area contributed by atoms with E-state index in [-0.39, 0.29) is 24.3 Å². The highest BCUT2D eigenvalue weighted by Crippen LogP contribution is 2.23. The maximum absolute atomic E-state index is 13.1. The van der Waals surface area contributed by atoms with Crippen LogP contribution in [0.4, 0.5) is 11.4 Å². The van der Waals surface area contributed by atoms with Gasteiger partial charge in [-0.3, -0.25) is 9.59 Å². The average Bonchev–Trinajstić information content (AvgIpc) is 3.31. The summed E-state index contributed by atoms with van der Waals surface area (Å²) >= 11 is 0. The van der Waals surface area contributed by atoms with Gasteiger partial charge in [0.05, 0.1) is 12.5 Å². The van der Waals surface area contributed by atoms with Crippen LogP contribution in [0.25, 0.3) is 0 Å². The molecule has 0 spiro atoms. The lowest BCUT2D eigenvalue weighted by Crippen LogP contribution is -2.44. The van der Waals surface area contributed by atoms with E-state index in [9.17, 15) is 9.59 Å². The van der Waals surface area contributed by atoms with E-state index >= 15 is 0 Å². The number of anilines is 2. The van der Waals surface area contributed by atoms with Gasteiger partial charge < -0.3 is 20.3 Å². The van der Waals surface area contributed by atoms with Crippen LogP contribution < -0.4 is 20.3 Å². The molecular formula is C27H37N3O3. The minimum absolute atomic E-state index is 0.0696. The van der Waals surface area contributed by atoms with Gasteiger partial charge in [0.25, 0.3) is 0 Å². The van der Waals surface area contributed by atoms with Gasteiger partial charge >= 0.3 is 0 Å². The fraction of sp³-hybridized carbons (Fsp3) is 0.481. The third kappa shape index (κ3) is 7.81. The lowest BCUT2D eigenvalue weighted by atomic mass is 10.1. The zero-order chi connectivity index (χ0) is 23.6. The molecule has 2 aromatic carbocycles. The molecule has 2 amide bonds. The number of carbonyl (C=O) groups is 2. The van der Waals surface area contributed by atoms with Crippen molar-refractivity contribution in [1.82, 2.24) is 5.32 Å². The summed E-state index contributed by atoms with van der Waals surface area (Å²) in [5.74, 6) is 0.402. The summed E-state index contributed by atoms with van der Waals surface area (Å²) in [4.78, 5) is 28.2. The van der Waals surface area contributed by atoms with Crippen LogP contribution >= 0.6 is 0 Å². The Morgan fingerprint density at radius 1 is 1.06 bits per heavy atom. The Hall–Kier alpha value is -3.02. The fourth-order valence-corrected chi connectivity index (χ4v) is 4.09. The highest BCUT2D eigenvalue weighted by molar-refractivity contribution is 5.97. The van der Waals surface area contributed by atoms with Crippen molar-refractivity contribution in [3.63, 3.8) is 0 Å². The van der Waals surface area contributed by atoms with Crippen molar-refractivity contribution in [3.8, 4) is 5.75 Å². The van der Waals surface area contributed by atoms with Gasteiger partial charge in [-0.1, -0.05) is 38.0 Å². The topological polar surface area (TPSA) is 70.7 Å². The van der Waals surface area contributed by atoms with Crippen molar-refractivity contribution < 1.29 is 14.3 Å². The normalized spacial score (nSPS) is 14.2. The van der Waals surface area contributed by atoms with Gasteiger partial charge in [-0.2, -0.15) is 0 Å². The smallest absolute Gasteiger partial charge is 0.246 e. The molecule has 1 saturated heterocycles. The molecule has 0 saturated carbocycles. The average molecular weight is 452 g/mol. The second kappa shape index (κ2) is 12.3. The first-order valence-corrected chi connectivity index (χ1v) is 12.2. The number of benzene rings is 2. The first-order valence-electron chi connectivity index (χ1n) is 12.2. The summed E-state index contributed by atoms with van der Waals surface area (Å²) in [5.41, 5.74) is 2.75. The van der Waals surface area contributed by atoms with Crippen LogP contribution in [0.1, 0.15) is 58.4 Å². The van der Waals surface area contributed by atoms with Gasteiger partial charge in [0, 0.05) is 24.5 Å². The molecule has 6 heteroatoms. The van der Waals surface area contributed by atoms with E-state index in [2.05, 4.69) is 28.5 Å². The van der Waals surface area contributed by atoms with E-state index in [4.69, 9.17) is 4.74 Å². The molecule has 1 atom stereocenters. The molecule has 0 aliphatic carbocycles. The SMILES string of the molecule is CCCCC(NC(=O)Cc1cccc(OC(C)C)c1)C(=O)Nc1cccc(N2CCCC2)c1. The Morgan fingerprint density at radius 2 is 1.82 bits per heavy atom. The van der Waals surface area contributed by atoms with Gasteiger partial charge in [-0.05, 0) is 69.0 Å². The second-order valence-corrected chi connectivity index (χ2v) is 8.99. The number of unbranched alkanes of at least 4 members (excludes halogenated alkanes) is 1. The van der Waals surface area contributed by atoms with Crippen LogP contribution in [0.5, 0.6) is 5.75 Å². The van der Waals surface area contributed by atoms with Gasteiger partial charge in [-0.25, -0.2) is 0 Å². The third-order valence-electron chi connectivity index (χ3n) is 5.72. The lowest BCUT2D eigenvalue weighted by Gasteiger charge is -2.21. The van der Waals surface area contributed by atoms with Crippen molar-refractivity contribution in [3.05, 3.63) is 54.1 Å². The molecule has 33 heavy (non-hydrogen) atoms. The minimum atomic E-state index is -0.567. The molecule has 6 nitrogen and oxygen atoms in total. The van der Waals surface area contributed by atoms with Gasteiger partial charge in [0.1, 0.15) is 11.8 Å². The maximum Gasteiger partial charge on any atom is 0.246 e. The molecule has 0 bridgehead atoms. The molecule has 1 heterocycles. The molecule has 2 aromatic rings. The Morgan fingerprint density at radius 3 is 2.55 bits per heavy atom. The van der Waals surface area contributed by atoms with Crippen molar-refractivity contribution in [2.45, 2.75) is 71.4 Å². The number of hydrogen-bond acceptors (Lipinski definition) is 4. The summed E-state index contributed by atoms with van der Waals surface area (Å²) in [7, 11) is 0. The van der Waals surface area contributed by atoms with Crippen molar-refractivity contribution in [2.24, 2.45) is 0 Å². The Balaban J connectivity index is 1.62. The molecular weight excluding hydrogens is 414 g/mol. The Kier molecular flexibility index (Phi) is 9.16. The summed E-state index contributed by atoms with van der Waals surface area (Å²) in [6.45, 7) is 8.12. The number of ether oxygens (including phenoxy) is 1. The number of rotatable bonds is 11. The molecule has 0 aromatic heterocycles. The predicted molar refractivity (Wildman–Crippen MR) is 134 cm³/mol. The van der Waals surface area contributed by atoms with E-state index in [1.807, 2.05) is 56.3 Å². The zero-order valence-electron chi connectivity index (χ0n) is 20.1. The zero-order valence-corrected chi connectivity index (χ0v) is 20.1. The fourth-order valence-electron chi connectivity index (χ4n) is 4.09. The highest BCUT2D eigenvalue weighted by atomic mass is 16.5. The number of nitrogens with one attached hydrogen (secondary N) is 2. The number of hydrogen-bond donors (Lipinski definition) is 2. The molecule has 1 aliphatic rings. The first-order chi connectivity index (χ1) is 15.9. The minimum Gasteiger partial charge on any atom is -0.491 e. The van der Waals surface area contributed by atoms with Gasteiger partial charge in [-0.15, -0.1) is 0 Å². The number of nitrogens with zero attached hydrogens (tertiary/aromatic N) is 1. The monoisotopic (exact) mass is 451 g/mol. The van der Waals surface area contributed by atoms with E-state index in [1.165, 1.54) is 12.8 Å². The lowest BCUT2D eigenvalue weighted by molar-refractivity contribution is -0.126. The van der Waals surface area contributed by atoms with Crippen molar-refractivity contribution >= 4 is 23.2 Å².